The molecule has 1 aromatic rings. The molecule has 2 atom stereocenters. The lowest BCUT2D eigenvalue weighted by Crippen LogP contribution is -2.39. The minimum atomic E-state index is -0.122. The number of hydrogen-bond donors (Lipinski definition) is 1. The number of alkyl halides is 1. The van der Waals surface area contributed by atoms with Crippen molar-refractivity contribution >= 4 is 33.2 Å². The number of nitrogens with zero attached hydrogens (tertiary/aromatic N) is 1. The van der Waals surface area contributed by atoms with Crippen LogP contribution in [0.15, 0.2) is 17.5 Å². The fraction of sp³-hybridized carbons (Fsp3) is 0.615. The van der Waals surface area contributed by atoms with Crippen molar-refractivity contribution in [3.63, 3.8) is 0 Å². The summed E-state index contributed by atoms with van der Waals surface area (Å²) in [5, 5.41) is 5.08. The number of likely N-dealkylation sites (N-methyl/N-ethyl adjacent to an activating group) is 1. The molecule has 1 rings (SSSR count). The van der Waals surface area contributed by atoms with Gasteiger partial charge in [0.05, 0.1) is 10.9 Å². The molecule has 0 fully saturated rings. The zero-order valence-corrected chi connectivity index (χ0v) is 13.7. The Morgan fingerprint density at radius 2 is 2.17 bits per heavy atom. The van der Waals surface area contributed by atoms with Gasteiger partial charge in [-0.05, 0) is 31.5 Å². The van der Waals surface area contributed by atoms with Gasteiger partial charge < -0.3 is 10.2 Å². The molecule has 0 saturated carbocycles. The van der Waals surface area contributed by atoms with Crippen LogP contribution >= 0.6 is 27.3 Å². The summed E-state index contributed by atoms with van der Waals surface area (Å²) in [5.41, 5.74) is 0. The van der Waals surface area contributed by atoms with Crippen molar-refractivity contribution < 1.29 is 4.79 Å². The van der Waals surface area contributed by atoms with Crippen molar-refractivity contribution in [2.45, 2.75) is 24.7 Å². The van der Waals surface area contributed by atoms with Crippen LogP contribution in [0.25, 0.3) is 0 Å². The van der Waals surface area contributed by atoms with Crippen molar-refractivity contribution in [2.75, 3.05) is 20.6 Å². The first-order valence-corrected chi connectivity index (χ1v) is 7.84. The van der Waals surface area contributed by atoms with Crippen LogP contribution in [0.2, 0.25) is 0 Å². The van der Waals surface area contributed by atoms with Crippen molar-refractivity contribution in [1.29, 1.82) is 0 Å². The number of carbonyl (C=O) groups is 1. The second-order valence-corrected chi connectivity index (χ2v) is 6.85. The molecule has 0 aliphatic rings. The fourth-order valence-corrected chi connectivity index (χ4v) is 2.70. The summed E-state index contributed by atoms with van der Waals surface area (Å²) in [6, 6.07) is 4.38. The van der Waals surface area contributed by atoms with Gasteiger partial charge in [0.1, 0.15) is 0 Å². The molecule has 0 saturated heterocycles. The van der Waals surface area contributed by atoms with E-state index in [2.05, 4.69) is 37.6 Å². The van der Waals surface area contributed by atoms with Gasteiger partial charge in [-0.25, -0.2) is 0 Å². The number of thiophene rings is 1. The number of rotatable bonds is 6. The summed E-state index contributed by atoms with van der Waals surface area (Å²) in [6.45, 7) is 4.70. The Morgan fingerprint density at radius 1 is 1.50 bits per heavy atom. The highest BCUT2D eigenvalue weighted by Crippen LogP contribution is 2.22. The minimum absolute atomic E-state index is 0.0633. The number of carbonyl (C=O) groups excluding carboxylic acids is 1. The van der Waals surface area contributed by atoms with Crippen LogP contribution in [0.3, 0.4) is 0 Å². The van der Waals surface area contributed by atoms with Crippen LogP contribution < -0.4 is 5.32 Å². The maximum Gasteiger partial charge on any atom is 0.234 e. The monoisotopic (exact) mass is 332 g/mol. The van der Waals surface area contributed by atoms with Crippen LogP contribution in [-0.4, -0.2) is 36.3 Å². The number of hydrogen-bond acceptors (Lipinski definition) is 3. The van der Waals surface area contributed by atoms with E-state index in [9.17, 15) is 4.79 Å². The predicted molar refractivity (Wildman–Crippen MR) is 81.3 cm³/mol. The Hall–Kier alpha value is -0.390. The van der Waals surface area contributed by atoms with Gasteiger partial charge in [0.2, 0.25) is 5.91 Å². The molecule has 0 aromatic carbocycles. The average molecular weight is 333 g/mol. The van der Waals surface area contributed by atoms with E-state index in [0.717, 1.165) is 0 Å². The number of amides is 1. The first kappa shape index (κ1) is 15.7. The number of halogens is 1. The highest BCUT2D eigenvalue weighted by Gasteiger charge is 2.21. The second kappa shape index (κ2) is 7.26. The van der Waals surface area contributed by atoms with E-state index in [-0.39, 0.29) is 16.8 Å². The van der Waals surface area contributed by atoms with Crippen LogP contribution in [0.1, 0.15) is 24.8 Å². The quantitative estimate of drug-likeness (QED) is 0.812. The largest absolute Gasteiger partial charge is 0.353 e. The summed E-state index contributed by atoms with van der Waals surface area (Å²) in [6.07, 6.45) is 0. The van der Waals surface area contributed by atoms with E-state index in [1.165, 1.54) is 4.88 Å². The van der Waals surface area contributed by atoms with Crippen LogP contribution in [0, 0.1) is 5.92 Å². The van der Waals surface area contributed by atoms with Gasteiger partial charge in [-0.3, -0.25) is 4.79 Å². The van der Waals surface area contributed by atoms with Crippen molar-refractivity contribution in [3.05, 3.63) is 22.4 Å². The second-order valence-electron chi connectivity index (χ2n) is 4.89. The standard InChI is InChI=1S/C13H21BrN2OS/c1-9(2)12(14)13(17)15-8-10(16(3)4)11-6-5-7-18-11/h5-7,9-10,12H,8H2,1-4H3,(H,15,17). The molecule has 1 N–H and O–H groups in total. The average Bonchev–Trinajstić information content (AvgIpc) is 2.81. The summed E-state index contributed by atoms with van der Waals surface area (Å²) in [4.78, 5) is 15.2. The van der Waals surface area contributed by atoms with Gasteiger partial charge in [0.25, 0.3) is 0 Å². The van der Waals surface area contributed by atoms with Gasteiger partial charge in [0.15, 0.2) is 0 Å². The lowest BCUT2D eigenvalue weighted by molar-refractivity contribution is -0.121. The maximum atomic E-state index is 11.9. The lowest BCUT2D eigenvalue weighted by atomic mass is 10.1. The van der Waals surface area contributed by atoms with Crippen LogP contribution in [0.5, 0.6) is 0 Å². The third kappa shape index (κ3) is 4.37. The Morgan fingerprint density at radius 3 is 2.61 bits per heavy atom. The van der Waals surface area contributed by atoms with Gasteiger partial charge in [0, 0.05) is 11.4 Å². The molecule has 3 nitrogen and oxygen atoms in total. The van der Waals surface area contributed by atoms with Crippen molar-refractivity contribution in [1.82, 2.24) is 10.2 Å². The third-order valence-electron chi connectivity index (χ3n) is 2.80. The van der Waals surface area contributed by atoms with Crippen LogP contribution in [0.4, 0.5) is 0 Å². The van der Waals surface area contributed by atoms with E-state index in [0.29, 0.717) is 12.5 Å². The Bertz CT molecular complexity index is 365. The van der Waals surface area contributed by atoms with Gasteiger partial charge in [-0.15, -0.1) is 11.3 Å². The molecule has 102 valence electrons. The van der Waals surface area contributed by atoms with E-state index in [1.54, 1.807) is 11.3 Å². The molecule has 1 amide bonds. The van der Waals surface area contributed by atoms with Crippen molar-refractivity contribution in [3.8, 4) is 0 Å². The lowest BCUT2D eigenvalue weighted by Gasteiger charge is -2.24. The van der Waals surface area contributed by atoms with E-state index >= 15 is 0 Å². The molecule has 2 unspecified atom stereocenters. The predicted octanol–water partition coefficient (Wildman–Crippen LogP) is 2.89. The molecule has 1 aromatic heterocycles. The molecular formula is C13H21BrN2OS. The summed E-state index contributed by atoms with van der Waals surface area (Å²) in [5.74, 6) is 0.359. The Balaban J connectivity index is 2.57. The topological polar surface area (TPSA) is 32.3 Å². The number of nitrogens with one attached hydrogen (secondary N) is 1. The molecule has 18 heavy (non-hydrogen) atoms. The van der Waals surface area contributed by atoms with Crippen molar-refractivity contribution in [2.24, 2.45) is 5.92 Å². The Labute approximate surface area is 122 Å². The van der Waals surface area contributed by atoms with Crippen LogP contribution in [-0.2, 0) is 4.79 Å². The van der Waals surface area contributed by atoms with Gasteiger partial charge in [-0.1, -0.05) is 35.8 Å². The zero-order valence-electron chi connectivity index (χ0n) is 11.3. The fourth-order valence-electron chi connectivity index (χ4n) is 1.62. The normalized spacial score (nSPS) is 14.8. The first-order chi connectivity index (χ1) is 8.43. The molecule has 0 aliphatic heterocycles. The molecule has 0 radical (unpaired) electrons. The molecular weight excluding hydrogens is 312 g/mol. The van der Waals surface area contributed by atoms with E-state index < -0.39 is 0 Å². The molecule has 5 heteroatoms. The first-order valence-electron chi connectivity index (χ1n) is 6.05. The maximum absolute atomic E-state index is 11.9. The van der Waals surface area contributed by atoms with E-state index in [1.807, 2.05) is 34.0 Å². The SMILES string of the molecule is CC(C)C(Br)C(=O)NCC(c1cccs1)N(C)C. The highest BCUT2D eigenvalue weighted by atomic mass is 79.9. The summed E-state index contributed by atoms with van der Waals surface area (Å²) in [7, 11) is 4.06. The summed E-state index contributed by atoms with van der Waals surface area (Å²) < 4.78 is 0. The smallest absolute Gasteiger partial charge is 0.234 e. The highest BCUT2D eigenvalue weighted by molar-refractivity contribution is 9.10. The summed E-state index contributed by atoms with van der Waals surface area (Å²) >= 11 is 5.14. The zero-order chi connectivity index (χ0) is 13.7. The van der Waals surface area contributed by atoms with E-state index in [4.69, 9.17) is 0 Å². The molecule has 0 spiro atoms. The Kier molecular flexibility index (Phi) is 6.32. The minimum Gasteiger partial charge on any atom is -0.353 e. The van der Waals surface area contributed by atoms with Gasteiger partial charge in [-0.2, -0.15) is 0 Å². The molecule has 1 heterocycles. The molecule has 0 bridgehead atoms. The van der Waals surface area contributed by atoms with Gasteiger partial charge >= 0.3 is 0 Å². The third-order valence-corrected chi connectivity index (χ3v) is 5.25. The molecule has 0 aliphatic carbocycles.